The quantitative estimate of drug-likeness (QED) is 0.793. The highest BCUT2D eigenvalue weighted by molar-refractivity contribution is 5.56. The maximum absolute atomic E-state index is 4.71. The Morgan fingerprint density at radius 1 is 1.08 bits per heavy atom. The molecule has 24 heavy (non-hydrogen) atoms. The Hall–Kier alpha value is -2.69. The molecule has 5 heteroatoms. The van der Waals surface area contributed by atoms with E-state index in [1.165, 1.54) is 24.2 Å². The SMILES string of the molecule is C[C@H](Nc1nccc(-c2cnc3n2CCCC3)n1)c1ccccc1. The van der Waals surface area contributed by atoms with Crippen molar-refractivity contribution in [2.75, 3.05) is 5.32 Å². The van der Waals surface area contributed by atoms with Gasteiger partial charge in [0.05, 0.1) is 23.6 Å². The van der Waals surface area contributed by atoms with E-state index in [-0.39, 0.29) is 6.04 Å². The fraction of sp³-hybridized carbons (Fsp3) is 0.316. The molecule has 1 N–H and O–H groups in total. The highest BCUT2D eigenvalue weighted by Crippen LogP contribution is 2.25. The molecule has 1 atom stereocenters. The van der Waals surface area contributed by atoms with Gasteiger partial charge in [0.1, 0.15) is 5.82 Å². The lowest BCUT2D eigenvalue weighted by Gasteiger charge is -2.17. The van der Waals surface area contributed by atoms with Crippen LogP contribution in [-0.2, 0) is 13.0 Å². The molecule has 0 spiro atoms. The van der Waals surface area contributed by atoms with Crippen LogP contribution in [0.1, 0.15) is 37.2 Å². The van der Waals surface area contributed by atoms with Gasteiger partial charge in [0.2, 0.25) is 5.95 Å². The third-order valence-corrected chi connectivity index (χ3v) is 4.53. The van der Waals surface area contributed by atoms with E-state index < -0.39 is 0 Å². The molecule has 0 saturated heterocycles. The summed E-state index contributed by atoms with van der Waals surface area (Å²) >= 11 is 0. The molecule has 0 saturated carbocycles. The van der Waals surface area contributed by atoms with E-state index in [9.17, 15) is 0 Å². The Labute approximate surface area is 141 Å². The summed E-state index contributed by atoms with van der Waals surface area (Å²) < 4.78 is 2.29. The Balaban J connectivity index is 1.59. The molecule has 122 valence electrons. The number of nitrogens with one attached hydrogen (secondary N) is 1. The molecular formula is C19H21N5. The summed E-state index contributed by atoms with van der Waals surface area (Å²) in [6.07, 6.45) is 7.24. The topological polar surface area (TPSA) is 55.6 Å². The summed E-state index contributed by atoms with van der Waals surface area (Å²) in [6, 6.07) is 12.4. The summed E-state index contributed by atoms with van der Waals surface area (Å²) in [5.41, 5.74) is 3.23. The van der Waals surface area contributed by atoms with E-state index in [4.69, 9.17) is 4.98 Å². The van der Waals surface area contributed by atoms with Gasteiger partial charge in [0.15, 0.2) is 0 Å². The molecule has 3 aromatic rings. The number of fused-ring (bicyclic) bond motifs is 1. The lowest BCUT2D eigenvalue weighted by molar-refractivity contribution is 0.525. The third kappa shape index (κ3) is 2.89. The van der Waals surface area contributed by atoms with Crippen molar-refractivity contribution in [1.29, 1.82) is 0 Å². The van der Waals surface area contributed by atoms with Crippen molar-refractivity contribution in [1.82, 2.24) is 19.5 Å². The first-order valence-electron chi connectivity index (χ1n) is 8.50. The lowest BCUT2D eigenvalue weighted by Crippen LogP contribution is -2.12. The molecule has 2 aromatic heterocycles. The molecule has 0 aliphatic carbocycles. The maximum atomic E-state index is 4.71. The van der Waals surface area contributed by atoms with Crippen LogP contribution in [0.25, 0.3) is 11.4 Å². The number of aryl methyl sites for hydroxylation is 1. The molecule has 0 unspecified atom stereocenters. The fourth-order valence-corrected chi connectivity index (χ4v) is 3.21. The molecule has 1 aliphatic heterocycles. The van der Waals surface area contributed by atoms with Gasteiger partial charge in [-0.15, -0.1) is 0 Å². The molecule has 1 aliphatic rings. The summed E-state index contributed by atoms with van der Waals surface area (Å²) in [4.78, 5) is 13.6. The predicted octanol–water partition coefficient (Wildman–Crippen LogP) is 3.85. The van der Waals surface area contributed by atoms with E-state index in [1.54, 1.807) is 0 Å². The molecule has 0 bridgehead atoms. The second-order valence-electron chi connectivity index (χ2n) is 6.21. The zero-order valence-electron chi connectivity index (χ0n) is 13.8. The second kappa shape index (κ2) is 6.43. The van der Waals surface area contributed by atoms with Crippen molar-refractivity contribution >= 4 is 5.95 Å². The summed E-state index contributed by atoms with van der Waals surface area (Å²) in [6.45, 7) is 3.14. The number of hydrogen-bond donors (Lipinski definition) is 1. The second-order valence-corrected chi connectivity index (χ2v) is 6.21. The predicted molar refractivity (Wildman–Crippen MR) is 94.7 cm³/mol. The van der Waals surface area contributed by atoms with Crippen LogP contribution in [0.4, 0.5) is 5.95 Å². The van der Waals surface area contributed by atoms with Crippen molar-refractivity contribution < 1.29 is 0 Å². The van der Waals surface area contributed by atoms with E-state index in [0.29, 0.717) is 5.95 Å². The summed E-state index contributed by atoms with van der Waals surface area (Å²) in [5.74, 6) is 1.82. The zero-order valence-corrected chi connectivity index (χ0v) is 13.8. The van der Waals surface area contributed by atoms with Crippen LogP contribution in [0.3, 0.4) is 0 Å². The van der Waals surface area contributed by atoms with Crippen molar-refractivity contribution in [2.24, 2.45) is 0 Å². The first-order chi connectivity index (χ1) is 11.8. The van der Waals surface area contributed by atoms with Crippen LogP contribution in [-0.4, -0.2) is 19.5 Å². The fourth-order valence-electron chi connectivity index (χ4n) is 3.21. The van der Waals surface area contributed by atoms with Crippen molar-refractivity contribution in [3.05, 3.63) is 60.2 Å². The molecule has 5 nitrogen and oxygen atoms in total. The van der Waals surface area contributed by atoms with Crippen LogP contribution < -0.4 is 5.32 Å². The third-order valence-electron chi connectivity index (χ3n) is 4.53. The number of rotatable bonds is 4. The number of imidazole rings is 1. The molecule has 0 fully saturated rings. The van der Waals surface area contributed by atoms with Crippen LogP contribution in [0.2, 0.25) is 0 Å². The van der Waals surface area contributed by atoms with Gasteiger partial charge in [0.25, 0.3) is 0 Å². The smallest absolute Gasteiger partial charge is 0.223 e. The van der Waals surface area contributed by atoms with Gasteiger partial charge in [0, 0.05) is 19.2 Å². The average Bonchev–Trinajstić information content (AvgIpc) is 3.07. The first kappa shape index (κ1) is 14.9. The first-order valence-corrected chi connectivity index (χ1v) is 8.50. The standard InChI is InChI=1S/C19H21N5/c1-14(15-7-3-2-4-8-15)22-19-20-11-10-16(23-19)17-13-21-18-9-5-6-12-24(17)18/h2-4,7-8,10-11,13-14H,5-6,9,12H2,1H3,(H,20,22,23)/t14-/m0/s1. The normalized spacial score (nSPS) is 14.9. The minimum atomic E-state index is 0.154. The molecular weight excluding hydrogens is 298 g/mol. The molecule has 3 heterocycles. The van der Waals surface area contributed by atoms with Crippen molar-refractivity contribution in [2.45, 2.75) is 38.8 Å². The van der Waals surface area contributed by atoms with Crippen LogP contribution in [0.15, 0.2) is 48.8 Å². The number of benzene rings is 1. The highest BCUT2D eigenvalue weighted by Gasteiger charge is 2.16. The number of hydrogen-bond acceptors (Lipinski definition) is 4. The van der Waals surface area contributed by atoms with Crippen LogP contribution in [0.5, 0.6) is 0 Å². The van der Waals surface area contributed by atoms with E-state index in [0.717, 1.165) is 24.4 Å². The largest absolute Gasteiger partial charge is 0.348 e. The van der Waals surface area contributed by atoms with Crippen LogP contribution >= 0.6 is 0 Å². The molecule has 1 aromatic carbocycles. The van der Waals surface area contributed by atoms with Crippen molar-refractivity contribution in [3.63, 3.8) is 0 Å². The minimum Gasteiger partial charge on any atom is -0.348 e. The molecule has 0 radical (unpaired) electrons. The summed E-state index contributed by atoms with van der Waals surface area (Å²) in [7, 11) is 0. The molecule has 4 rings (SSSR count). The Morgan fingerprint density at radius 2 is 1.96 bits per heavy atom. The van der Waals surface area contributed by atoms with Gasteiger partial charge in [-0.2, -0.15) is 0 Å². The van der Waals surface area contributed by atoms with E-state index in [1.807, 2.05) is 36.7 Å². The summed E-state index contributed by atoms with van der Waals surface area (Å²) in [5, 5.41) is 3.39. The molecule has 0 amide bonds. The number of anilines is 1. The monoisotopic (exact) mass is 319 g/mol. The van der Waals surface area contributed by atoms with Gasteiger partial charge in [-0.3, -0.25) is 0 Å². The van der Waals surface area contributed by atoms with Gasteiger partial charge >= 0.3 is 0 Å². The van der Waals surface area contributed by atoms with Gasteiger partial charge < -0.3 is 9.88 Å². The number of aromatic nitrogens is 4. The Morgan fingerprint density at radius 3 is 2.83 bits per heavy atom. The van der Waals surface area contributed by atoms with E-state index in [2.05, 4.69) is 38.9 Å². The average molecular weight is 319 g/mol. The lowest BCUT2D eigenvalue weighted by atomic mass is 10.1. The highest BCUT2D eigenvalue weighted by atomic mass is 15.1. The maximum Gasteiger partial charge on any atom is 0.223 e. The van der Waals surface area contributed by atoms with Crippen LogP contribution in [0, 0.1) is 0 Å². The number of nitrogens with zero attached hydrogens (tertiary/aromatic N) is 4. The van der Waals surface area contributed by atoms with Crippen molar-refractivity contribution in [3.8, 4) is 11.4 Å². The minimum absolute atomic E-state index is 0.154. The van der Waals surface area contributed by atoms with E-state index >= 15 is 0 Å². The zero-order chi connectivity index (χ0) is 16.4. The Kier molecular flexibility index (Phi) is 3.99. The Bertz CT molecular complexity index is 825. The van der Waals surface area contributed by atoms with Gasteiger partial charge in [-0.25, -0.2) is 15.0 Å². The van der Waals surface area contributed by atoms with Gasteiger partial charge in [-0.05, 0) is 31.4 Å². The van der Waals surface area contributed by atoms with Gasteiger partial charge in [-0.1, -0.05) is 30.3 Å².